The van der Waals surface area contributed by atoms with Gasteiger partial charge in [0.1, 0.15) is 11.5 Å². The summed E-state index contributed by atoms with van der Waals surface area (Å²) in [5.41, 5.74) is -0.372. The van der Waals surface area contributed by atoms with Crippen LogP contribution in [-0.2, 0) is 19.6 Å². The molecule has 0 bridgehead atoms. The molecular formula is C22H22F3N5O2. The fourth-order valence-corrected chi connectivity index (χ4v) is 3.71. The first-order valence-corrected chi connectivity index (χ1v) is 10.3. The summed E-state index contributed by atoms with van der Waals surface area (Å²) in [5.74, 6) is 0.161. The number of amides is 1. The number of alkyl halides is 3. The van der Waals surface area contributed by atoms with Crippen LogP contribution in [0.1, 0.15) is 64.5 Å². The number of nitrogens with zero attached hydrogens (tertiary/aromatic N) is 3. The molecule has 0 aliphatic heterocycles. The first-order chi connectivity index (χ1) is 15.2. The third-order valence-corrected chi connectivity index (χ3v) is 5.63. The molecule has 3 aromatic rings. The molecule has 1 aromatic carbocycles. The molecule has 0 spiro atoms. The van der Waals surface area contributed by atoms with Gasteiger partial charge in [-0.15, -0.1) is 0 Å². The van der Waals surface area contributed by atoms with Crippen molar-refractivity contribution in [1.29, 1.82) is 0 Å². The maximum absolute atomic E-state index is 13.0. The van der Waals surface area contributed by atoms with E-state index in [4.69, 9.17) is 0 Å². The predicted molar refractivity (Wildman–Crippen MR) is 110 cm³/mol. The van der Waals surface area contributed by atoms with Gasteiger partial charge in [0.05, 0.1) is 11.7 Å². The number of H-pyrrole nitrogens is 1. The van der Waals surface area contributed by atoms with Gasteiger partial charge in [0.2, 0.25) is 0 Å². The van der Waals surface area contributed by atoms with Gasteiger partial charge in [0.15, 0.2) is 5.69 Å². The number of hydrogen-bond donors (Lipinski definition) is 2. The van der Waals surface area contributed by atoms with Gasteiger partial charge in [0, 0.05) is 31.5 Å². The molecule has 0 radical (unpaired) electrons. The monoisotopic (exact) mass is 445 g/mol. The minimum absolute atomic E-state index is 0.212. The zero-order chi connectivity index (χ0) is 22.9. The molecule has 32 heavy (non-hydrogen) atoms. The highest BCUT2D eigenvalue weighted by atomic mass is 19.4. The Morgan fingerprint density at radius 1 is 1.25 bits per heavy atom. The van der Waals surface area contributed by atoms with Crippen LogP contribution in [0, 0.1) is 0 Å². The van der Waals surface area contributed by atoms with E-state index in [0.717, 1.165) is 35.6 Å². The SMILES string of the molecule is Cn1nc(C(F)(F)F)cc1C(=O)N[C@@H](Cc1cc(=O)[nH]c(C2CCC2)n1)c1ccccc1. The molecule has 2 aromatic heterocycles. The number of benzene rings is 1. The number of aromatic amines is 1. The maximum Gasteiger partial charge on any atom is 0.435 e. The first kappa shape index (κ1) is 21.8. The van der Waals surface area contributed by atoms with Gasteiger partial charge in [0.25, 0.3) is 11.5 Å². The molecule has 1 aliphatic carbocycles. The molecule has 2 N–H and O–H groups in total. The van der Waals surface area contributed by atoms with Crippen molar-refractivity contribution in [1.82, 2.24) is 25.1 Å². The summed E-state index contributed by atoms with van der Waals surface area (Å²) < 4.78 is 39.9. The number of carbonyl (C=O) groups excluding carboxylic acids is 1. The molecule has 0 saturated heterocycles. The molecule has 1 aliphatic rings. The van der Waals surface area contributed by atoms with Crippen LogP contribution in [0.15, 0.2) is 47.3 Å². The molecule has 2 heterocycles. The van der Waals surface area contributed by atoms with Crippen molar-refractivity contribution in [3.05, 3.63) is 81.3 Å². The normalized spacial score (nSPS) is 15.2. The second-order valence-electron chi connectivity index (χ2n) is 7.93. The van der Waals surface area contributed by atoms with Crippen molar-refractivity contribution in [3.63, 3.8) is 0 Å². The Labute approximate surface area is 181 Å². The van der Waals surface area contributed by atoms with Gasteiger partial charge in [-0.05, 0) is 18.4 Å². The van der Waals surface area contributed by atoms with Gasteiger partial charge < -0.3 is 10.3 Å². The van der Waals surface area contributed by atoms with Crippen LogP contribution in [0.2, 0.25) is 0 Å². The Balaban J connectivity index is 1.61. The van der Waals surface area contributed by atoms with Crippen LogP contribution in [-0.4, -0.2) is 25.7 Å². The molecule has 1 saturated carbocycles. The van der Waals surface area contributed by atoms with Crippen molar-refractivity contribution >= 4 is 5.91 Å². The Bertz CT molecular complexity index is 1170. The van der Waals surface area contributed by atoms with E-state index >= 15 is 0 Å². The maximum atomic E-state index is 13.0. The Hall–Kier alpha value is -3.43. The van der Waals surface area contributed by atoms with Gasteiger partial charge in [-0.3, -0.25) is 14.3 Å². The number of nitrogens with one attached hydrogen (secondary N) is 2. The average molecular weight is 445 g/mol. The Kier molecular flexibility index (Phi) is 5.86. The molecule has 1 amide bonds. The molecule has 0 unspecified atom stereocenters. The second kappa shape index (κ2) is 8.60. The summed E-state index contributed by atoms with van der Waals surface area (Å²) in [7, 11) is 1.28. The summed E-state index contributed by atoms with van der Waals surface area (Å²) in [5, 5.41) is 6.18. The summed E-state index contributed by atoms with van der Waals surface area (Å²) in [6.45, 7) is 0. The standard InChI is InChI=1S/C22H22F3N5O2/c1-30-17(12-18(29-30)22(23,24)25)21(32)27-16(13-6-3-2-4-7-13)10-15-11-19(31)28-20(26-15)14-8-5-9-14/h2-4,6-7,11-12,14,16H,5,8-10H2,1H3,(H,27,32)(H,26,28,31)/t16-/m0/s1. The van der Waals surface area contributed by atoms with Crippen LogP contribution < -0.4 is 10.9 Å². The molecule has 10 heteroatoms. The molecule has 1 fully saturated rings. The highest BCUT2D eigenvalue weighted by Gasteiger charge is 2.35. The van der Waals surface area contributed by atoms with E-state index in [1.54, 1.807) is 24.3 Å². The molecular weight excluding hydrogens is 423 g/mol. The minimum Gasteiger partial charge on any atom is -0.344 e. The fraction of sp³-hybridized carbons (Fsp3) is 0.364. The fourth-order valence-electron chi connectivity index (χ4n) is 3.71. The zero-order valence-corrected chi connectivity index (χ0v) is 17.3. The minimum atomic E-state index is -4.65. The highest BCUT2D eigenvalue weighted by molar-refractivity contribution is 5.93. The van der Waals surface area contributed by atoms with E-state index in [1.165, 1.54) is 13.1 Å². The quantitative estimate of drug-likeness (QED) is 0.608. The lowest BCUT2D eigenvalue weighted by Crippen LogP contribution is -2.32. The smallest absolute Gasteiger partial charge is 0.344 e. The second-order valence-corrected chi connectivity index (χ2v) is 7.93. The third kappa shape index (κ3) is 4.74. The van der Waals surface area contributed by atoms with Crippen LogP contribution >= 0.6 is 0 Å². The van der Waals surface area contributed by atoms with Gasteiger partial charge in [-0.25, -0.2) is 4.98 Å². The summed E-state index contributed by atoms with van der Waals surface area (Å²) in [6.07, 6.45) is -1.42. The lowest BCUT2D eigenvalue weighted by atomic mass is 9.85. The van der Waals surface area contributed by atoms with E-state index in [-0.39, 0.29) is 23.6 Å². The van der Waals surface area contributed by atoms with E-state index in [1.807, 2.05) is 6.07 Å². The number of aromatic nitrogens is 4. The van der Waals surface area contributed by atoms with E-state index in [2.05, 4.69) is 20.4 Å². The lowest BCUT2D eigenvalue weighted by Gasteiger charge is -2.25. The average Bonchev–Trinajstić information content (AvgIpc) is 3.09. The van der Waals surface area contributed by atoms with Crippen LogP contribution in [0.4, 0.5) is 13.2 Å². The van der Waals surface area contributed by atoms with E-state index in [0.29, 0.717) is 11.5 Å². The third-order valence-electron chi connectivity index (χ3n) is 5.63. The number of aryl methyl sites for hydroxylation is 1. The lowest BCUT2D eigenvalue weighted by molar-refractivity contribution is -0.141. The first-order valence-electron chi connectivity index (χ1n) is 10.3. The van der Waals surface area contributed by atoms with E-state index in [9.17, 15) is 22.8 Å². The summed E-state index contributed by atoms with van der Waals surface area (Å²) in [6, 6.07) is 10.5. The largest absolute Gasteiger partial charge is 0.435 e. The van der Waals surface area contributed by atoms with Crippen LogP contribution in [0.5, 0.6) is 0 Å². The number of halogens is 3. The van der Waals surface area contributed by atoms with Crippen LogP contribution in [0.25, 0.3) is 0 Å². The van der Waals surface area contributed by atoms with Crippen LogP contribution in [0.3, 0.4) is 0 Å². The topological polar surface area (TPSA) is 92.7 Å². The van der Waals surface area contributed by atoms with Gasteiger partial charge >= 0.3 is 6.18 Å². The Morgan fingerprint density at radius 2 is 1.97 bits per heavy atom. The predicted octanol–water partition coefficient (Wildman–Crippen LogP) is 3.50. The van der Waals surface area contributed by atoms with E-state index < -0.39 is 23.8 Å². The van der Waals surface area contributed by atoms with Crippen molar-refractivity contribution < 1.29 is 18.0 Å². The molecule has 168 valence electrons. The molecule has 7 nitrogen and oxygen atoms in total. The number of rotatable bonds is 6. The van der Waals surface area contributed by atoms with Gasteiger partial charge in [-0.2, -0.15) is 18.3 Å². The van der Waals surface area contributed by atoms with Crippen molar-refractivity contribution in [2.45, 2.75) is 43.8 Å². The number of hydrogen-bond acceptors (Lipinski definition) is 4. The van der Waals surface area contributed by atoms with Crippen molar-refractivity contribution in [2.75, 3.05) is 0 Å². The van der Waals surface area contributed by atoms with Crippen molar-refractivity contribution in [2.24, 2.45) is 7.05 Å². The zero-order valence-electron chi connectivity index (χ0n) is 17.3. The number of carbonyl (C=O) groups is 1. The van der Waals surface area contributed by atoms with Crippen molar-refractivity contribution in [3.8, 4) is 0 Å². The molecule has 1 atom stereocenters. The summed E-state index contributed by atoms with van der Waals surface area (Å²) in [4.78, 5) is 32.4. The molecule has 4 rings (SSSR count). The summed E-state index contributed by atoms with van der Waals surface area (Å²) >= 11 is 0. The van der Waals surface area contributed by atoms with Gasteiger partial charge in [-0.1, -0.05) is 36.8 Å². The highest BCUT2D eigenvalue weighted by Crippen LogP contribution is 2.34. The Morgan fingerprint density at radius 3 is 2.56 bits per heavy atom.